The number of halogens is 1. The predicted octanol–water partition coefficient (Wildman–Crippen LogP) is 1.66. The Bertz CT molecular complexity index is 325. The molecule has 13 heavy (non-hydrogen) atoms. The number of anilines is 1. The number of hydrazine groups is 1. The summed E-state index contributed by atoms with van der Waals surface area (Å²) < 4.78 is 13.4. The van der Waals surface area contributed by atoms with E-state index in [4.69, 9.17) is 0 Å². The highest BCUT2D eigenvalue weighted by Gasteiger charge is 2.20. The number of likely N-dealkylation sites (N-methyl/N-ethyl adjacent to an activating group) is 1. The number of hydrogen-bond acceptors (Lipinski definition) is 2. The zero-order chi connectivity index (χ0) is 9.42. The lowest BCUT2D eigenvalue weighted by Gasteiger charge is -2.36. The van der Waals surface area contributed by atoms with Gasteiger partial charge in [-0.2, -0.15) is 0 Å². The zero-order valence-corrected chi connectivity index (χ0v) is 7.92. The minimum atomic E-state index is -0.133. The van der Waals surface area contributed by atoms with Crippen molar-refractivity contribution in [3.05, 3.63) is 29.6 Å². The van der Waals surface area contributed by atoms with Crippen LogP contribution in [0.4, 0.5) is 10.1 Å². The first-order chi connectivity index (χ1) is 6.20. The van der Waals surface area contributed by atoms with Crippen molar-refractivity contribution in [2.45, 2.75) is 6.42 Å². The van der Waals surface area contributed by atoms with Crippen LogP contribution in [-0.4, -0.2) is 25.6 Å². The molecule has 70 valence electrons. The van der Waals surface area contributed by atoms with Gasteiger partial charge in [-0.1, -0.05) is 12.1 Å². The monoisotopic (exact) mass is 180 g/mol. The molecule has 0 bridgehead atoms. The van der Waals surface area contributed by atoms with Crippen molar-refractivity contribution in [3.8, 4) is 0 Å². The number of hydrogen-bond donors (Lipinski definition) is 0. The summed E-state index contributed by atoms with van der Waals surface area (Å²) in [5.41, 5.74) is 1.82. The van der Waals surface area contributed by atoms with Crippen molar-refractivity contribution >= 4 is 5.69 Å². The molecule has 1 aliphatic heterocycles. The van der Waals surface area contributed by atoms with Crippen LogP contribution < -0.4 is 5.01 Å². The van der Waals surface area contributed by atoms with Gasteiger partial charge in [0.25, 0.3) is 0 Å². The molecule has 0 N–H and O–H groups in total. The molecular formula is C10H13FN2. The third-order valence-electron chi connectivity index (χ3n) is 2.61. The highest BCUT2D eigenvalue weighted by Crippen LogP contribution is 2.28. The maximum absolute atomic E-state index is 13.4. The van der Waals surface area contributed by atoms with Gasteiger partial charge in [0, 0.05) is 20.6 Å². The normalized spacial score (nSPS) is 17.3. The molecule has 1 aromatic rings. The largest absolute Gasteiger partial charge is 0.306 e. The van der Waals surface area contributed by atoms with E-state index in [0.29, 0.717) is 0 Å². The second-order valence-electron chi connectivity index (χ2n) is 3.40. The summed E-state index contributed by atoms with van der Waals surface area (Å²) >= 11 is 0. The van der Waals surface area contributed by atoms with Crippen molar-refractivity contribution < 1.29 is 4.39 Å². The Labute approximate surface area is 77.5 Å². The number of fused-ring (bicyclic) bond motifs is 1. The predicted molar refractivity (Wildman–Crippen MR) is 51.1 cm³/mol. The molecule has 0 radical (unpaired) electrons. The Morgan fingerprint density at radius 2 is 2.08 bits per heavy atom. The van der Waals surface area contributed by atoms with Crippen LogP contribution in [0.1, 0.15) is 5.56 Å². The number of rotatable bonds is 0. The summed E-state index contributed by atoms with van der Waals surface area (Å²) in [5, 5.41) is 3.89. The average molecular weight is 180 g/mol. The van der Waals surface area contributed by atoms with Gasteiger partial charge in [0.15, 0.2) is 0 Å². The van der Waals surface area contributed by atoms with Crippen LogP contribution in [0.15, 0.2) is 18.2 Å². The van der Waals surface area contributed by atoms with Gasteiger partial charge in [0.1, 0.15) is 5.82 Å². The Balaban J connectivity index is 2.51. The van der Waals surface area contributed by atoms with E-state index in [1.165, 1.54) is 6.07 Å². The molecule has 1 heterocycles. The molecule has 2 nitrogen and oxygen atoms in total. The van der Waals surface area contributed by atoms with E-state index in [0.717, 1.165) is 24.2 Å². The zero-order valence-electron chi connectivity index (χ0n) is 7.92. The summed E-state index contributed by atoms with van der Waals surface area (Å²) in [4.78, 5) is 0. The van der Waals surface area contributed by atoms with Gasteiger partial charge >= 0.3 is 0 Å². The second-order valence-corrected chi connectivity index (χ2v) is 3.40. The van der Waals surface area contributed by atoms with E-state index in [1.54, 1.807) is 6.07 Å². The first-order valence-electron chi connectivity index (χ1n) is 4.42. The first kappa shape index (κ1) is 8.51. The van der Waals surface area contributed by atoms with Crippen LogP contribution in [0.3, 0.4) is 0 Å². The summed E-state index contributed by atoms with van der Waals surface area (Å²) in [6, 6.07) is 5.27. The van der Waals surface area contributed by atoms with E-state index >= 15 is 0 Å². The van der Waals surface area contributed by atoms with Gasteiger partial charge in [0.2, 0.25) is 0 Å². The van der Waals surface area contributed by atoms with E-state index in [1.807, 2.05) is 30.2 Å². The molecule has 0 saturated carbocycles. The fourth-order valence-electron chi connectivity index (χ4n) is 1.73. The number of nitrogens with zero attached hydrogens (tertiary/aromatic N) is 2. The molecular weight excluding hydrogens is 167 g/mol. The van der Waals surface area contributed by atoms with Crippen molar-refractivity contribution in [2.24, 2.45) is 0 Å². The third kappa shape index (κ3) is 1.29. The lowest BCUT2D eigenvalue weighted by atomic mass is 10.1. The maximum atomic E-state index is 13.4. The summed E-state index contributed by atoms with van der Waals surface area (Å²) in [7, 11) is 3.86. The Kier molecular flexibility index (Phi) is 1.96. The topological polar surface area (TPSA) is 6.48 Å². The lowest BCUT2D eigenvalue weighted by Crippen LogP contribution is -2.42. The lowest BCUT2D eigenvalue weighted by molar-refractivity contribution is 0.309. The van der Waals surface area contributed by atoms with Crippen LogP contribution in [0.25, 0.3) is 0 Å². The smallest absolute Gasteiger partial charge is 0.148 e. The maximum Gasteiger partial charge on any atom is 0.148 e. The Hall–Kier alpha value is -1.09. The van der Waals surface area contributed by atoms with Crippen LogP contribution in [-0.2, 0) is 6.42 Å². The second kappa shape index (κ2) is 3.00. The van der Waals surface area contributed by atoms with Gasteiger partial charge in [-0.3, -0.25) is 0 Å². The van der Waals surface area contributed by atoms with Crippen molar-refractivity contribution in [1.29, 1.82) is 0 Å². The van der Waals surface area contributed by atoms with Gasteiger partial charge in [-0.25, -0.2) is 9.40 Å². The van der Waals surface area contributed by atoms with Gasteiger partial charge < -0.3 is 5.01 Å². The Morgan fingerprint density at radius 1 is 1.31 bits per heavy atom. The summed E-state index contributed by atoms with van der Waals surface area (Å²) in [6.07, 6.45) is 0.925. The number of para-hydroxylation sites is 1. The van der Waals surface area contributed by atoms with E-state index in [2.05, 4.69) is 0 Å². The van der Waals surface area contributed by atoms with Crippen molar-refractivity contribution in [3.63, 3.8) is 0 Å². The van der Waals surface area contributed by atoms with Gasteiger partial charge in [0.05, 0.1) is 5.69 Å². The van der Waals surface area contributed by atoms with Crippen LogP contribution in [0.5, 0.6) is 0 Å². The molecule has 1 aromatic carbocycles. The number of benzene rings is 1. The van der Waals surface area contributed by atoms with Crippen molar-refractivity contribution in [1.82, 2.24) is 5.01 Å². The first-order valence-corrected chi connectivity index (χ1v) is 4.42. The summed E-state index contributed by atoms with van der Waals surface area (Å²) in [6.45, 7) is 0.951. The van der Waals surface area contributed by atoms with Crippen molar-refractivity contribution in [2.75, 3.05) is 25.6 Å². The molecule has 0 unspecified atom stereocenters. The highest BCUT2D eigenvalue weighted by molar-refractivity contribution is 5.55. The fourth-order valence-corrected chi connectivity index (χ4v) is 1.73. The third-order valence-corrected chi connectivity index (χ3v) is 2.61. The molecule has 0 atom stereocenters. The molecule has 1 aliphatic rings. The van der Waals surface area contributed by atoms with E-state index in [9.17, 15) is 4.39 Å². The minimum Gasteiger partial charge on any atom is -0.306 e. The molecule has 3 heteroatoms. The van der Waals surface area contributed by atoms with Crippen LogP contribution >= 0.6 is 0 Å². The quantitative estimate of drug-likeness (QED) is 0.599. The van der Waals surface area contributed by atoms with Gasteiger partial charge in [-0.05, 0) is 18.1 Å². The molecule has 0 fully saturated rings. The van der Waals surface area contributed by atoms with Crippen LogP contribution in [0.2, 0.25) is 0 Å². The SMILES string of the molecule is CN1CCc2cccc(F)c2N1C. The molecule has 0 amide bonds. The highest BCUT2D eigenvalue weighted by atomic mass is 19.1. The molecule has 0 aromatic heterocycles. The molecule has 0 saturated heterocycles. The average Bonchev–Trinajstić information content (AvgIpc) is 2.12. The fraction of sp³-hybridized carbons (Fsp3) is 0.400. The van der Waals surface area contributed by atoms with Crippen LogP contribution in [0, 0.1) is 5.82 Å². The molecule has 2 rings (SSSR count). The summed E-state index contributed by atoms with van der Waals surface area (Å²) in [5.74, 6) is -0.133. The Morgan fingerprint density at radius 3 is 2.85 bits per heavy atom. The molecule has 0 spiro atoms. The van der Waals surface area contributed by atoms with E-state index < -0.39 is 0 Å². The standard InChI is InChI=1S/C10H13FN2/c1-12-7-6-8-4-3-5-9(11)10(8)13(12)2/h3-5H,6-7H2,1-2H3. The van der Waals surface area contributed by atoms with E-state index in [-0.39, 0.29) is 5.82 Å². The van der Waals surface area contributed by atoms with Gasteiger partial charge in [-0.15, -0.1) is 0 Å². The molecule has 0 aliphatic carbocycles. The minimum absolute atomic E-state index is 0.133.